The maximum Gasteiger partial charge on any atom is 2.00 e. The molecule has 0 heterocycles. The minimum Gasteiger partial charge on any atom is -0.279 e. The number of rotatable bonds is 0. The Morgan fingerprint density at radius 2 is 0.926 bits per heavy atom. The van der Waals surface area contributed by atoms with Gasteiger partial charge < -0.3 is 0 Å². The van der Waals surface area contributed by atoms with Crippen LogP contribution in [-0.4, -0.2) is 37.0 Å². The molecule has 0 amide bonds. The Morgan fingerprint density at radius 1 is 0.704 bits per heavy atom. The number of hydrogen-bond donors (Lipinski definition) is 2. The van der Waals surface area contributed by atoms with Gasteiger partial charge in [-0.25, -0.2) is 24.3 Å². The van der Waals surface area contributed by atoms with Crippen LogP contribution in [-0.2, 0) is 42.0 Å². The van der Waals surface area contributed by atoms with Crippen LogP contribution in [0.1, 0.15) is 12.8 Å². The molecule has 0 aliphatic heterocycles. The third-order valence-electron chi connectivity index (χ3n) is 1.76. The second kappa shape index (κ2) is 13.3. The zero-order valence-electron chi connectivity index (χ0n) is 13.0. The second-order valence-electron chi connectivity index (χ2n) is 3.85. The van der Waals surface area contributed by atoms with Gasteiger partial charge in [0.05, 0.1) is 0 Å². The summed E-state index contributed by atoms with van der Waals surface area (Å²) in [7, 11) is -11.7. The maximum absolute atomic E-state index is 10.7. The molecule has 2 aliphatic carbocycles. The predicted molar refractivity (Wildman–Crippen MR) is 78.3 cm³/mol. The van der Waals surface area contributed by atoms with Gasteiger partial charge in [-0.3, -0.25) is 21.3 Å². The van der Waals surface area contributed by atoms with Crippen LogP contribution in [0.3, 0.4) is 0 Å². The summed E-state index contributed by atoms with van der Waals surface area (Å²) < 4.78 is 115. The first-order valence-corrected chi connectivity index (χ1v) is 8.89. The van der Waals surface area contributed by atoms with Gasteiger partial charge in [-0.05, 0) is 0 Å². The van der Waals surface area contributed by atoms with Gasteiger partial charge in [0.1, 0.15) is 0 Å². The van der Waals surface area contributed by atoms with E-state index in [0.717, 1.165) is 12.8 Å². The van der Waals surface area contributed by atoms with Crippen molar-refractivity contribution in [1.29, 1.82) is 0 Å². The van der Waals surface area contributed by atoms with E-state index >= 15 is 0 Å². The van der Waals surface area contributed by atoms with Crippen LogP contribution in [0.15, 0.2) is 36.5 Å². The summed E-state index contributed by atoms with van der Waals surface area (Å²) in [6, 6.07) is 0. The normalized spacial score (nSPS) is 14.8. The smallest absolute Gasteiger partial charge is 0.279 e. The zero-order valence-corrected chi connectivity index (χ0v) is 16.2. The molecule has 154 valence electrons. The molecule has 0 saturated heterocycles. The Balaban J connectivity index is -0.000000286. The average molecular weight is 478 g/mol. The Hall–Kier alpha value is -0.926. The van der Waals surface area contributed by atoms with Gasteiger partial charge in [-0.2, -0.15) is 55.3 Å². The van der Waals surface area contributed by atoms with E-state index in [9.17, 15) is 26.3 Å². The molecule has 15 heteroatoms. The Morgan fingerprint density at radius 3 is 0.963 bits per heavy atom. The van der Waals surface area contributed by atoms with Gasteiger partial charge in [0.15, 0.2) is 0 Å². The first-order valence-electron chi connectivity index (χ1n) is 6.01. The van der Waals surface area contributed by atoms with Crippen LogP contribution in [0.5, 0.6) is 0 Å². The van der Waals surface area contributed by atoms with Crippen LogP contribution in [0.4, 0.5) is 26.3 Å². The largest absolute Gasteiger partial charge is 2.00 e. The van der Waals surface area contributed by atoms with E-state index in [2.05, 4.69) is 24.3 Å². The van der Waals surface area contributed by atoms with E-state index in [1.165, 1.54) is 0 Å². The second-order valence-corrected chi connectivity index (χ2v) is 6.67. The van der Waals surface area contributed by atoms with Crippen LogP contribution < -0.4 is 0 Å². The van der Waals surface area contributed by atoms with Gasteiger partial charge >= 0.3 is 53.0 Å². The average Bonchev–Trinajstić information content (AvgIpc) is 3.15. The molecule has 2 aliphatic rings. The number of halogens is 6. The number of alkyl halides is 6. The summed E-state index contributed by atoms with van der Waals surface area (Å²) in [5, 5.41) is 0. The van der Waals surface area contributed by atoms with Gasteiger partial charge in [-0.15, -0.1) is 12.8 Å². The molecule has 0 aromatic rings. The molecule has 2 rings (SSSR count). The molecule has 0 aromatic carbocycles. The van der Waals surface area contributed by atoms with Crippen molar-refractivity contribution in [2.24, 2.45) is 0 Å². The van der Waals surface area contributed by atoms with E-state index in [1.54, 1.807) is 0 Å². The van der Waals surface area contributed by atoms with Gasteiger partial charge in [0.2, 0.25) is 0 Å². The first kappa shape index (κ1) is 30.8. The predicted octanol–water partition coefficient (Wildman–Crippen LogP) is 3.40. The topological polar surface area (TPSA) is 109 Å². The minimum atomic E-state index is -5.84. The van der Waals surface area contributed by atoms with Crippen molar-refractivity contribution < 1.29 is 74.0 Å². The molecule has 0 unspecified atom stereocenters. The Bertz CT molecular complexity index is 649. The monoisotopic (exact) mass is 478 g/mol. The summed E-state index contributed by atoms with van der Waals surface area (Å²) in [6.07, 6.45) is 20.0. The zero-order chi connectivity index (χ0) is 21.1. The van der Waals surface area contributed by atoms with E-state index in [4.69, 9.17) is 25.9 Å². The fourth-order valence-electron chi connectivity index (χ4n) is 0.680. The van der Waals surface area contributed by atoms with Gasteiger partial charge in [0, 0.05) is 0 Å². The quantitative estimate of drug-likeness (QED) is 0.182. The summed E-state index contributed by atoms with van der Waals surface area (Å²) in [4.78, 5) is 0. The van der Waals surface area contributed by atoms with E-state index in [1.807, 2.05) is 24.3 Å². The summed E-state index contributed by atoms with van der Waals surface area (Å²) >= 11 is 0. The molecule has 2 N–H and O–H groups in total. The summed E-state index contributed by atoms with van der Waals surface area (Å²) in [5.74, 6) is 0. The minimum absolute atomic E-state index is 0. The van der Waals surface area contributed by atoms with Crippen molar-refractivity contribution in [3.63, 3.8) is 0 Å². The van der Waals surface area contributed by atoms with Crippen molar-refractivity contribution in [1.82, 2.24) is 0 Å². The molecule has 0 saturated carbocycles. The molecular formula is C12H12F6O6S2Ti. The van der Waals surface area contributed by atoms with Gasteiger partial charge in [-0.1, -0.05) is 0 Å². The molecule has 0 spiro atoms. The molecule has 6 nitrogen and oxygen atoms in total. The van der Waals surface area contributed by atoms with Crippen molar-refractivity contribution in [2.45, 2.75) is 23.9 Å². The Kier molecular flexibility index (Phi) is 15.1. The molecule has 0 fully saturated rings. The van der Waals surface area contributed by atoms with Gasteiger partial charge in [0.25, 0.3) is 0 Å². The van der Waals surface area contributed by atoms with Crippen molar-refractivity contribution in [3.05, 3.63) is 48.6 Å². The molecule has 27 heavy (non-hydrogen) atoms. The van der Waals surface area contributed by atoms with E-state index in [-0.39, 0.29) is 21.7 Å². The van der Waals surface area contributed by atoms with Crippen LogP contribution >= 0.6 is 0 Å². The molecule has 0 bridgehead atoms. The third kappa shape index (κ3) is 18.2. The fraction of sp³-hybridized carbons (Fsp3) is 0.333. The third-order valence-corrected chi connectivity index (χ3v) is 2.93. The molecular weight excluding hydrogens is 466 g/mol. The van der Waals surface area contributed by atoms with Crippen LogP contribution in [0.25, 0.3) is 0 Å². The van der Waals surface area contributed by atoms with E-state index < -0.39 is 31.3 Å². The fourth-order valence-corrected chi connectivity index (χ4v) is 0.680. The summed E-state index contributed by atoms with van der Waals surface area (Å²) in [6.45, 7) is 0. The number of hydrogen-bond acceptors (Lipinski definition) is 4. The Labute approximate surface area is 166 Å². The number of allylic oxidation sites excluding steroid dienone is 8. The van der Waals surface area contributed by atoms with Crippen molar-refractivity contribution in [3.8, 4) is 0 Å². The molecule has 0 aromatic heterocycles. The SMILES string of the molecule is O=S(=O)(O)C(F)(F)F.O=S(=O)(O)C(F)(F)F.[C-]1=CC=CC1.[C-]1=CC=CC1.[Ti+2]. The van der Waals surface area contributed by atoms with Crippen LogP contribution in [0.2, 0.25) is 0 Å². The summed E-state index contributed by atoms with van der Waals surface area (Å²) in [5.41, 5.74) is -11.1. The molecule has 0 atom stereocenters. The van der Waals surface area contributed by atoms with E-state index in [0.29, 0.717) is 0 Å². The van der Waals surface area contributed by atoms with Crippen molar-refractivity contribution in [2.75, 3.05) is 0 Å². The van der Waals surface area contributed by atoms with Crippen molar-refractivity contribution >= 4 is 20.2 Å². The standard InChI is InChI=1S/2C5H5.2CHF3O3S.Ti/c2*1-2-4-5-3-1;2*2-1(3,4)8(5,6)7;/h2*1-3H,4H2;2*(H,5,6,7);/q2*-1;;;+2. The maximum atomic E-state index is 10.7. The molecule has 0 radical (unpaired) electrons. The first-order chi connectivity index (χ1) is 11.5. The van der Waals surface area contributed by atoms with Crippen LogP contribution in [0, 0.1) is 12.2 Å².